The Balaban J connectivity index is 2.61. The molecule has 0 aromatic carbocycles. The molecule has 0 spiro atoms. The molecule has 0 bridgehead atoms. The number of fused-ring (bicyclic) bond motifs is 1. The molecule has 0 N–H and O–H groups in total. The summed E-state index contributed by atoms with van der Waals surface area (Å²) in [6, 6.07) is 4.16. The van der Waals surface area contributed by atoms with E-state index in [1.165, 1.54) is 5.56 Å². The van der Waals surface area contributed by atoms with Crippen LogP contribution in [0, 0.1) is 0 Å². The lowest BCUT2D eigenvalue weighted by Crippen LogP contribution is -2.11. The Kier molecular flexibility index (Phi) is 1.62. The van der Waals surface area contributed by atoms with Crippen LogP contribution in [0.25, 0.3) is 5.65 Å². The summed E-state index contributed by atoms with van der Waals surface area (Å²) < 4.78 is 1.77. The van der Waals surface area contributed by atoms with Crippen LogP contribution in [0.1, 0.15) is 26.3 Å². The maximum absolute atomic E-state index is 4.14. The van der Waals surface area contributed by atoms with Gasteiger partial charge in [0.1, 0.15) is 6.33 Å². The fourth-order valence-corrected chi connectivity index (χ4v) is 1.28. The first-order valence-electron chi connectivity index (χ1n) is 4.37. The minimum absolute atomic E-state index is 0.174. The molecule has 0 aliphatic carbocycles. The molecule has 3 nitrogen and oxygen atoms in total. The second kappa shape index (κ2) is 2.55. The molecule has 0 radical (unpaired) electrons. The quantitative estimate of drug-likeness (QED) is 0.613. The van der Waals surface area contributed by atoms with Gasteiger partial charge in [-0.15, -0.1) is 0 Å². The smallest absolute Gasteiger partial charge is 0.155 e. The molecule has 68 valence electrons. The van der Waals surface area contributed by atoms with E-state index in [2.05, 4.69) is 43.0 Å². The third-order valence-corrected chi connectivity index (χ3v) is 2.15. The lowest BCUT2D eigenvalue weighted by atomic mass is 9.88. The standard InChI is InChI=1S/C10H13N3/c1-10(2,3)8-4-5-13-9(6-8)11-7-12-13/h4-7H,1-3H3. The monoisotopic (exact) mass is 175 g/mol. The number of rotatable bonds is 0. The van der Waals surface area contributed by atoms with Gasteiger partial charge in [-0.05, 0) is 23.1 Å². The predicted molar refractivity (Wildman–Crippen MR) is 51.7 cm³/mol. The summed E-state index contributed by atoms with van der Waals surface area (Å²) in [7, 11) is 0. The van der Waals surface area contributed by atoms with Crippen LogP contribution in [0.3, 0.4) is 0 Å². The highest BCUT2D eigenvalue weighted by Crippen LogP contribution is 2.22. The molecule has 0 aliphatic rings. The molecule has 13 heavy (non-hydrogen) atoms. The summed E-state index contributed by atoms with van der Waals surface area (Å²) >= 11 is 0. The minimum Gasteiger partial charge on any atom is -0.221 e. The highest BCUT2D eigenvalue weighted by atomic mass is 15.3. The van der Waals surface area contributed by atoms with E-state index in [0.29, 0.717) is 0 Å². The fourth-order valence-electron chi connectivity index (χ4n) is 1.28. The van der Waals surface area contributed by atoms with E-state index in [9.17, 15) is 0 Å². The van der Waals surface area contributed by atoms with Gasteiger partial charge in [-0.2, -0.15) is 5.10 Å². The van der Waals surface area contributed by atoms with Crippen LogP contribution in [0.5, 0.6) is 0 Å². The summed E-state index contributed by atoms with van der Waals surface area (Å²) in [5, 5.41) is 4.05. The third-order valence-electron chi connectivity index (χ3n) is 2.15. The second-order valence-corrected chi connectivity index (χ2v) is 4.23. The molecule has 0 unspecified atom stereocenters. The largest absolute Gasteiger partial charge is 0.221 e. The Morgan fingerprint density at radius 2 is 2.08 bits per heavy atom. The zero-order chi connectivity index (χ0) is 9.47. The van der Waals surface area contributed by atoms with Crippen LogP contribution in [-0.4, -0.2) is 14.6 Å². The van der Waals surface area contributed by atoms with Crippen molar-refractivity contribution in [3.8, 4) is 0 Å². The van der Waals surface area contributed by atoms with Crippen LogP contribution < -0.4 is 0 Å². The van der Waals surface area contributed by atoms with E-state index < -0.39 is 0 Å². The molecular weight excluding hydrogens is 162 g/mol. The fraction of sp³-hybridized carbons (Fsp3) is 0.400. The van der Waals surface area contributed by atoms with Crippen LogP contribution >= 0.6 is 0 Å². The normalized spacial score (nSPS) is 12.2. The molecule has 0 fully saturated rings. The molecule has 2 aromatic rings. The molecule has 2 heterocycles. The van der Waals surface area contributed by atoms with E-state index in [-0.39, 0.29) is 5.41 Å². The zero-order valence-corrected chi connectivity index (χ0v) is 8.15. The van der Waals surface area contributed by atoms with Crippen molar-refractivity contribution in [3.05, 3.63) is 30.2 Å². The average Bonchev–Trinajstić information content (AvgIpc) is 2.47. The maximum atomic E-state index is 4.14. The van der Waals surface area contributed by atoms with Crippen LogP contribution in [0.4, 0.5) is 0 Å². The topological polar surface area (TPSA) is 30.2 Å². The molecule has 3 heteroatoms. The van der Waals surface area contributed by atoms with Crippen molar-refractivity contribution in [2.45, 2.75) is 26.2 Å². The lowest BCUT2D eigenvalue weighted by molar-refractivity contribution is 0.589. The van der Waals surface area contributed by atoms with Crippen LogP contribution in [0.15, 0.2) is 24.7 Å². The third kappa shape index (κ3) is 1.41. The summed E-state index contributed by atoms with van der Waals surface area (Å²) in [4.78, 5) is 4.14. The van der Waals surface area contributed by atoms with Crippen molar-refractivity contribution < 1.29 is 0 Å². The molecule has 0 amide bonds. The van der Waals surface area contributed by atoms with Gasteiger partial charge in [-0.25, -0.2) is 9.50 Å². The van der Waals surface area contributed by atoms with E-state index in [0.717, 1.165) is 5.65 Å². The Labute approximate surface area is 77.4 Å². The zero-order valence-electron chi connectivity index (χ0n) is 8.15. The Bertz CT molecular complexity index is 423. The second-order valence-electron chi connectivity index (χ2n) is 4.23. The number of nitrogens with zero attached hydrogens (tertiary/aromatic N) is 3. The van der Waals surface area contributed by atoms with Crippen molar-refractivity contribution in [2.75, 3.05) is 0 Å². The lowest BCUT2D eigenvalue weighted by Gasteiger charge is -2.18. The van der Waals surface area contributed by atoms with Gasteiger partial charge in [0.25, 0.3) is 0 Å². The molecular formula is C10H13N3. The molecule has 0 aliphatic heterocycles. The number of hydrogen-bond acceptors (Lipinski definition) is 2. The predicted octanol–water partition coefficient (Wildman–Crippen LogP) is 2.03. The van der Waals surface area contributed by atoms with Crippen molar-refractivity contribution in [3.63, 3.8) is 0 Å². The SMILES string of the molecule is CC(C)(C)c1ccn2ncnc2c1. The maximum Gasteiger partial charge on any atom is 0.155 e. The molecule has 0 saturated carbocycles. The summed E-state index contributed by atoms with van der Waals surface area (Å²) in [5.41, 5.74) is 2.37. The Morgan fingerprint density at radius 1 is 1.31 bits per heavy atom. The van der Waals surface area contributed by atoms with Gasteiger partial charge < -0.3 is 0 Å². The highest BCUT2D eigenvalue weighted by molar-refractivity contribution is 5.41. The van der Waals surface area contributed by atoms with Crippen LogP contribution in [0.2, 0.25) is 0 Å². The Hall–Kier alpha value is -1.38. The van der Waals surface area contributed by atoms with Crippen molar-refractivity contribution in [1.82, 2.24) is 14.6 Å². The summed E-state index contributed by atoms with van der Waals surface area (Å²) in [5.74, 6) is 0. The van der Waals surface area contributed by atoms with Gasteiger partial charge in [0.2, 0.25) is 0 Å². The molecule has 0 atom stereocenters. The van der Waals surface area contributed by atoms with Gasteiger partial charge in [0.15, 0.2) is 5.65 Å². The summed E-state index contributed by atoms with van der Waals surface area (Å²) in [6.45, 7) is 6.57. The summed E-state index contributed by atoms with van der Waals surface area (Å²) in [6.07, 6.45) is 3.52. The van der Waals surface area contributed by atoms with E-state index in [1.54, 1.807) is 10.8 Å². The van der Waals surface area contributed by atoms with Gasteiger partial charge in [-0.3, -0.25) is 0 Å². The highest BCUT2D eigenvalue weighted by Gasteiger charge is 2.13. The van der Waals surface area contributed by atoms with Crippen molar-refractivity contribution in [2.24, 2.45) is 0 Å². The van der Waals surface area contributed by atoms with E-state index >= 15 is 0 Å². The first kappa shape index (κ1) is 8.23. The Morgan fingerprint density at radius 3 is 2.77 bits per heavy atom. The first-order valence-corrected chi connectivity index (χ1v) is 4.37. The average molecular weight is 175 g/mol. The molecule has 2 rings (SSSR count). The first-order chi connectivity index (χ1) is 6.07. The van der Waals surface area contributed by atoms with Gasteiger partial charge in [0, 0.05) is 6.20 Å². The van der Waals surface area contributed by atoms with E-state index in [1.807, 2.05) is 6.20 Å². The van der Waals surface area contributed by atoms with Gasteiger partial charge in [0.05, 0.1) is 0 Å². The van der Waals surface area contributed by atoms with Crippen LogP contribution in [-0.2, 0) is 5.41 Å². The molecule has 2 aromatic heterocycles. The minimum atomic E-state index is 0.174. The number of pyridine rings is 1. The van der Waals surface area contributed by atoms with Crippen molar-refractivity contribution >= 4 is 5.65 Å². The van der Waals surface area contributed by atoms with Gasteiger partial charge in [-0.1, -0.05) is 20.8 Å². The molecule has 0 saturated heterocycles. The van der Waals surface area contributed by atoms with Gasteiger partial charge >= 0.3 is 0 Å². The van der Waals surface area contributed by atoms with Crippen molar-refractivity contribution in [1.29, 1.82) is 0 Å². The van der Waals surface area contributed by atoms with E-state index in [4.69, 9.17) is 0 Å². The number of hydrogen-bond donors (Lipinski definition) is 0. The number of aromatic nitrogens is 3.